The lowest BCUT2D eigenvalue weighted by atomic mass is 10.00. The van der Waals surface area contributed by atoms with Crippen molar-refractivity contribution < 1.29 is 9.13 Å². The summed E-state index contributed by atoms with van der Waals surface area (Å²) in [6.45, 7) is 0. The number of nitrogen functional groups attached to an aromatic ring is 1. The van der Waals surface area contributed by atoms with Gasteiger partial charge in [-0.3, -0.25) is 5.10 Å². The maximum absolute atomic E-state index is 13.3. The van der Waals surface area contributed by atoms with Crippen LogP contribution in [0.25, 0.3) is 33.4 Å². The third kappa shape index (κ3) is 2.67. The zero-order valence-corrected chi connectivity index (χ0v) is 13.5. The molecule has 0 atom stereocenters. The maximum Gasteiger partial charge on any atom is 0.184 e. The topological polar surface area (TPSA) is 76.8 Å². The summed E-state index contributed by atoms with van der Waals surface area (Å²) in [4.78, 5) is 4.59. The monoisotopic (exact) mass is 334 g/mol. The van der Waals surface area contributed by atoms with E-state index in [1.165, 1.54) is 12.1 Å². The van der Waals surface area contributed by atoms with Crippen LogP contribution in [0, 0.1) is 5.82 Å². The number of H-pyrrole nitrogens is 1. The Kier molecular flexibility index (Phi) is 3.57. The summed E-state index contributed by atoms with van der Waals surface area (Å²) < 4.78 is 18.6. The highest BCUT2D eigenvalue weighted by molar-refractivity contribution is 6.01. The molecule has 0 unspecified atom stereocenters. The molecule has 124 valence electrons. The Balaban J connectivity index is 1.97. The standard InChI is InChI=1S/C19H15FN4O/c1-25-14-4-2-3-12(9-14)16-10-15(11-5-7-13(20)8-6-11)17-18(21)23-24-19(17)22-16/h2-10H,1H3,(H3,21,22,23,24). The van der Waals surface area contributed by atoms with Crippen molar-refractivity contribution in [2.45, 2.75) is 0 Å². The summed E-state index contributed by atoms with van der Waals surface area (Å²) in [5.74, 6) is 0.880. The van der Waals surface area contributed by atoms with Crippen LogP contribution in [-0.2, 0) is 0 Å². The zero-order valence-electron chi connectivity index (χ0n) is 13.5. The summed E-state index contributed by atoms with van der Waals surface area (Å²) in [5.41, 5.74) is 9.85. The molecule has 0 saturated heterocycles. The molecule has 0 amide bonds. The van der Waals surface area contributed by atoms with E-state index < -0.39 is 0 Å². The number of halogens is 1. The van der Waals surface area contributed by atoms with E-state index in [1.54, 1.807) is 19.2 Å². The van der Waals surface area contributed by atoms with Crippen LogP contribution in [0.3, 0.4) is 0 Å². The highest BCUT2D eigenvalue weighted by Gasteiger charge is 2.15. The molecule has 5 nitrogen and oxygen atoms in total. The van der Waals surface area contributed by atoms with E-state index in [-0.39, 0.29) is 5.82 Å². The smallest absolute Gasteiger partial charge is 0.184 e. The molecule has 0 bridgehead atoms. The van der Waals surface area contributed by atoms with E-state index in [0.29, 0.717) is 11.5 Å². The molecule has 0 aliphatic carbocycles. The molecule has 0 saturated carbocycles. The van der Waals surface area contributed by atoms with Gasteiger partial charge in [-0.25, -0.2) is 9.37 Å². The first-order chi connectivity index (χ1) is 12.2. The third-order valence-electron chi connectivity index (χ3n) is 4.07. The molecule has 25 heavy (non-hydrogen) atoms. The largest absolute Gasteiger partial charge is 0.497 e. The van der Waals surface area contributed by atoms with Gasteiger partial charge >= 0.3 is 0 Å². The number of aromatic amines is 1. The number of hydrogen-bond donors (Lipinski definition) is 2. The van der Waals surface area contributed by atoms with Gasteiger partial charge < -0.3 is 10.5 Å². The van der Waals surface area contributed by atoms with Gasteiger partial charge in [0.05, 0.1) is 18.2 Å². The van der Waals surface area contributed by atoms with Crippen molar-refractivity contribution in [3.63, 3.8) is 0 Å². The molecule has 3 N–H and O–H groups in total. The molecule has 0 radical (unpaired) electrons. The molecule has 4 aromatic rings. The Bertz CT molecular complexity index is 1060. The van der Waals surface area contributed by atoms with Gasteiger partial charge in [0.25, 0.3) is 0 Å². The number of anilines is 1. The molecular weight excluding hydrogens is 319 g/mol. The van der Waals surface area contributed by atoms with E-state index in [2.05, 4.69) is 15.2 Å². The lowest BCUT2D eigenvalue weighted by Crippen LogP contribution is -1.92. The summed E-state index contributed by atoms with van der Waals surface area (Å²) in [6, 6.07) is 15.8. The first kappa shape index (κ1) is 15.1. The lowest BCUT2D eigenvalue weighted by molar-refractivity contribution is 0.415. The van der Waals surface area contributed by atoms with Crippen LogP contribution in [0.15, 0.2) is 54.6 Å². The fourth-order valence-corrected chi connectivity index (χ4v) is 2.83. The van der Waals surface area contributed by atoms with Crippen LogP contribution < -0.4 is 10.5 Å². The number of ether oxygens (including phenoxy) is 1. The molecule has 0 aliphatic rings. The Morgan fingerprint density at radius 1 is 1.04 bits per heavy atom. The average molecular weight is 334 g/mol. The second-order valence-electron chi connectivity index (χ2n) is 5.63. The zero-order chi connectivity index (χ0) is 17.4. The van der Waals surface area contributed by atoms with Crippen molar-refractivity contribution in [1.82, 2.24) is 15.2 Å². The van der Waals surface area contributed by atoms with Gasteiger partial charge in [0, 0.05) is 5.56 Å². The number of nitrogens with one attached hydrogen (secondary N) is 1. The number of rotatable bonds is 3. The summed E-state index contributed by atoms with van der Waals surface area (Å²) in [6.07, 6.45) is 0. The summed E-state index contributed by atoms with van der Waals surface area (Å²) in [5, 5.41) is 7.67. The van der Waals surface area contributed by atoms with Crippen LogP contribution in [0.2, 0.25) is 0 Å². The summed E-state index contributed by atoms with van der Waals surface area (Å²) in [7, 11) is 1.62. The number of hydrogen-bond acceptors (Lipinski definition) is 4. The SMILES string of the molecule is COc1cccc(-c2cc(-c3ccc(F)cc3)c3c(N)[nH]nc3n2)c1. The minimum absolute atomic E-state index is 0.290. The Morgan fingerprint density at radius 2 is 1.84 bits per heavy atom. The predicted molar refractivity (Wildman–Crippen MR) is 95.7 cm³/mol. The second-order valence-corrected chi connectivity index (χ2v) is 5.63. The number of nitrogens with zero attached hydrogens (tertiary/aromatic N) is 2. The molecule has 2 aromatic carbocycles. The molecule has 0 fully saturated rings. The minimum Gasteiger partial charge on any atom is -0.497 e. The van der Waals surface area contributed by atoms with Gasteiger partial charge in [-0.05, 0) is 41.5 Å². The fraction of sp³-hybridized carbons (Fsp3) is 0.0526. The number of aromatic nitrogens is 3. The van der Waals surface area contributed by atoms with Crippen LogP contribution in [0.4, 0.5) is 10.2 Å². The molecule has 0 aliphatic heterocycles. The lowest BCUT2D eigenvalue weighted by Gasteiger charge is -2.09. The number of methoxy groups -OCH3 is 1. The normalized spacial score (nSPS) is 11.0. The number of fused-ring (bicyclic) bond motifs is 1. The van der Waals surface area contributed by atoms with Crippen molar-refractivity contribution in [1.29, 1.82) is 0 Å². The van der Waals surface area contributed by atoms with Crippen LogP contribution >= 0.6 is 0 Å². The first-order valence-corrected chi connectivity index (χ1v) is 7.70. The minimum atomic E-state index is -0.290. The third-order valence-corrected chi connectivity index (χ3v) is 4.07. The van der Waals surface area contributed by atoms with Crippen molar-refractivity contribution >= 4 is 16.9 Å². The van der Waals surface area contributed by atoms with Crippen molar-refractivity contribution in [3.8, 4) is 28.1 Å². The number of benzene rings is 2. The van der Waals surface area contributed by atoms with Gasteiger partial charge in [-0.2, -0.15) is 5.10 Å². The second kappa shape index (κ2) is 5.90. The molecule has 2 heterocycles. The molecule has 0 spiro atoms. The van der Waals surface area contributed by atoms with Crippen LogP contribution in [0.1, 0.15) is 0 Å². The Labute approximate surface area is 143 Å². The van der Waals surface area contributed by atoms with E-state index in [9.17, 15) is 4.39 Å². The Morgan fingerprint density at radius 3 is 2.60 bits per heavy atom. The molecule has 4 rings (SSSR count). The van der Waals surface area contributed by atoms with Gasteiger partial charge in [0.15, 0.2) is 5.65 Å². The molecule has 6 heteroatoms. The maximum atomic E-state index is 13.3. The molecular formula is C19H15FN4O. The van der Waals surface area contributed by atoms with E-state index >= 15 is 0 Å². The van der Waals surface area contributed by atoms with Crippen LogP contribution in [0.5, 0.6) is 5.75 Å². The van der Waals surface area contributed by atoms with Gasteiger partial charge in [-0.1, -0.05) is 24.3 Å². The van der Waals surface area contributed by atoms with Gasteiger partial charge in [0.2, 0.25) is 0 Å². The van der Waals surface area contributed by atoms with Crippen molar-refractivity contribution in [2.24, 2.45) is 0 Å². The van der Waals surface area contributed by atoms with Crippen LogP contribution in [-0.4, -0.2) is 22.3 Å². The number of nitrogens with two attached hydrogens (primary N) is 1. The predicted octanol–water partition coefficient (Wildman–Crippen LogP) is 4.02. The highest BCUT2D eigenvalue weighted by Crippen LogP contribution is 2.34. The van der Waals surface area contributed by atoms with E-state index in [0.717, 1.165) is 33.5 Å². The summed E-state index contributed by atoms with van der Waals surface area (Å²) >= 11 is 0. The van der Waals surface area contributed by atoms with E-state index in [1.807, 2.05) is 30.3 Å². The fourth-order valence-electron chi connectivity index (χ4n) is 2.83. The number of pyridine rings is 1. The van der Waals surface area contributed by atoms with Gasteiger partial charge in [0.1, 0.15) is 17.4 Å². The van der Waals surface area contributed by atoms with Crippen molar-refractivity contribution in [2.75, 3.05) is 12.8 Å². The molecule has 2 aromatic heterocycles. The average Bonchev–Trinajstić information content (AvgIpc) is 3.03. The quantitative estimate of drug-likeness (QED) is 0.593. The first-order valence-electron chi connectivity index (χ1n) is 7.70. The van der Waals surface area contributed by atoms with Gasteiger partial charge in [-0.15, -0.1) is 0 Å². The van der Waals surface area contributed by atoms with E-state index in [4.69, 9.17) is 10.5 Å². The highest BCUT2D eigenvalue weighted by atomic mass is 19.1. The van der Waals surface area contributed by atoms with Crippen molar-refractivity contribution in [3.05, 3.63) is 60.4 Å². The Hall–Kier alpha value is -3.41.